The second-order valence-electron chi connectivity index (χ2n) is 11.7. The summed E-state index contributed by atoms with van der Waals surface area (Å²) in [7, 11) is -0.704. The quantitative estimate of drug-likeness (QED) is 0.158. The zero-order chi connectivity index (χ0) is 32.1. The molecule has 3 aromatic rings. The van der Waals surface area contributed by atoms with Crippen LogP contribution in [0.2, 0.25) is 18.1 Å². The van der Waals surface area contributed by atoms with E-state index in [0.717, 1.165) is 22.5 Å². The topological polar surface area (TPSA) is 137 Å². The number of nitrogens with one attached hydrogen (secondary N) is 4. The molecule has 1 fully saturated rings. The predicted molar refractivity (Wildman–Crippen MR) is 177 cm³/mol. The lowest BCUT2D eigenvalue weighted by atomic mass is 9.99. The van der Waals surface area contributed by atoms with Gasteiger partial charge in [0.1, 0.15) is 23.9 Å². The molecule has 0 aliphatic carbocycles. The Bertz CT molecular complexity index is 1550. The van der Waals surface area contributed by atoms with Gasteiger partial charge in [0.2, 0.25) is 14.2 Å². The normalized spacial score (nSPS) is 19.1. The van der Waals surface area contributed by atoms with Crippen molar-refractivity contribution < 1.29 is 23.9 Å². The lowest BCUT2D eigenvalue weighted by Crippen LogP contribution is -2.48. The van der Waals surface area contributed by atoms with Gasteiger partial charge in [0.05, 0.1) is 31.4 Å². The van der Waals surface area contributed by atoms with Gasteiger partial charge in [-0.2, -0.15) is 0 Å². The Morgan fingerprint density at radius 2 is 1.69 bits per heavy atom. The number of carbonyl (C=O) groups is 2. The van der Waals surface area contributed by atoms with E-state index >= 15 is 0 Å². The molecule has 238 valence electrons. The minimum Gasteiger partial charge on any atom is -0.497 e. The summed E-state index contributed by atoms with van der Waals surface area (Å²) >= 11 is 6.19. The maximum atomic E-state index is 13.2. The van der Waals surface area contributed by atoms with Gasteiger partial charge in [0, 0.05) is 40.5 Å². The number of benzene rings is 3. The summed E-state index contributed by atoms with van der Waals surface area (Å²) in [6, 6.07) is 19.7. The largest absolute Gasteiger partial charge is 0.497 e. The molecule has 1 saturated heterocycles. The number of fused-ring (bicyclic) bond motifs is 3. The van der Waals surface area contributed by atoms with Crippen LogP contribution < -0.4 is 35.9 Å². The highest BCUT2D eigenvalue weighted by molar-refractivity contribution is 6.69. The fourth-order valence-corrected chi connectivity index (χ4v) is 5.93. The van der Waals surface area contributed by atoms with Gasteiger partial charge in [-0.15, -0.1) is 0 Å². The Morgan fingerprint density at radius 1 is 1.00 bits per heavy atom. The van der Waals surface area contributed by atoms with Gasteiger partial charge in [0.25, 0.3) is 5.91 Å². The van der Waals surface area contributed by atoms with E-state index in [1.807, 2.05) is 49.4 Å². The molecule has 5 rings (SSSR count). The van der Waals surface area contributed by atoms with E-state index in [0.29, 0.717) is 22.1 Å². The molecular formula is C32H39ClN6O5Si. The summed E-state index contributed by atoms with van der Waals surface area (Å²) < 4.78 is 11.1. The number of amides is 2. The smallest absolute Gasteiger partial charge is 0.251 e. The molecule has 2 heterocycles. The first-order valence-electron chi connectivity index (χ1n) is 14.8. The van der Waals surface area contributed by atoms with Gasteiger partial charge in [-0.3, -0.25) is 14.6 Å². The second-order valence-corrected chi connectivity index (χ2v) is 16.0. The van der Waals surface area contributed by atoms with Gasteiger partial charge < -0.3 is 29.8 Å². The lowest BCUT2D eigenvalue weighted by molar-refractivity contribution is -0.121. The third-order valence-corrected chi connectivity index (χ3v) is 8.61. The van der Waals surface area contributed by atoms with Crippen molar-refractivity contribution in [3.05, 3.63) is 88.4 Å². The number of halogens is 1. The first kappa shape index (κ1) is 32.5. The maximum absolute atomic E-state index is 13.2. The third kappa shape index (κ3) is 8.02. The van der Waals surface area contributed by atoms with Crippen molar-refractivity contribution in [2.45, 2.75) is 44.8 Å². The SMILES string of the molecule is COc1ccc2c(c1)C(c1ccc(Cl)cc1)=N[C@@H](CC(=O)NCCNC(=O)c1ccc(OC[Si](C)(C)O)cc1)C1NNC(C)N21. The van der Waals surface area contributed by atoms with E-state index in [2.05, 4.69) is 26.4 Å². The van der Waals surface area contributed by atoms with Gasteiger partial charge in [-0.1, -0.05) is 23.7 Å². The zero-order valence-electron chi connectivity index (χ0n) is 25.8. The van der Waals surface area contributed by atoms with Crippen LogP contribution in [0, 0.1) is 0 Å². The highest BCUT2D eigenvalue weighted by atomic mass is 35.5. The Morgan fingerprint density at radius 3 is 2.38 bits per heavy atom. The van der Waals surface area contributed by atoms with E-state index in [1.165, 1.54) is 0 Å². The Hall–Kier alpha value is -3.94. The molecule has 3 atom stereocenters. The van der Waals surface area contributed by atoms with Crippen LogP contribution in [0.5, 0.6) is 11.5 Å². The summed E-state index contributed by atoms with van der Waals surface area (Å²) in [4.78, 5) is 43.1. The van der Waals surface area contributed by atoms with Gasteiger partial charge in [-0.05, 0) is 74.6 Å². The van der Waals surface area contributed by atoms with Gasteiger partial charge >= 0.3 is 0 Å². The van der Waals surface area contributed by atoms with E-state index in [-0.39, 0.29) is 49.9 Å². The predicted octanol–water partition coefficient (Wildman–Crippen LogP) is 3.21. The summed E-state index contributed by atoms with van der Waals surface area (Å²) in [6.45, 7) is 6.16. The highest BCUT2D eigenvalue weighted by Crippen LogP contribution is 2.36. The van der Waals surface area contributed by atoms with Crippen LogP contribution in [0.15, 0.2) is 71.7 Å². The Labute approximate surface area is 269 Å². The van der Waals surface area contributed by atoms with Crippen LogP contribution in [0.25, 0.3) is 0 Å². The first-order valence-corrected chi connectivity index (χ1v) is 18.4. The number of hydrazine groups is 1. The number of ether oxygens (including phenoxy) is 2. The number of aliphatic imine (C=N–C) groups is 1. The summed E-state index contributed by atoms with van der Waals surface area (Å²) in [5.41, 5.74) is 10.6. The molecule has 13 heteroatoms. The van der Waals surface area contributed by atoms with Crippen molar-refractivity contribution >= 4 is 43.1 Å². The molecule has 3 aromatic carbocycles. The number of anilines is 1. The van der Waals surface area contributed by atoms with Crippen molar-refractivity contribution in [1.29, 1.82) is 0 Å². The molecule has 0 radical (unpaired) electrons. The molecule has 0 aromatic heterocycles. The van der Waals surface area contributed by atoms with Crippen molar-refractivity contribution in [3.8, 4) is 11.5 Å². The minimum absolute atomic E-state index is 0.0633. The molecule has 2 aliphatic heterocycles. The zero-order valence-corrected chi connectivity index (χ0v) is 27.5. The number of carbonyl (C=O) groups excluding carboxylic acids is 2. The Balaban J connectivity index is 1.25. The van der Waals surface area contributed by atoms with Crippen molar-refractivity contribution in [1.82, 2.24) is 21.5 Å². The molecule has 0 bridgehead atoms. The van der Waals surface area contributed by atoms with E-state index in [1.54, 1.807) is 44.5 Å². The molecule has 5 N–H and O–H groups in total. The van der Waals surface area contributed by atoms with E-state index in [9.17, 15) is 14.4 Å². The lowest BCUT2D eigenvalue weighted by Gasteiger charge is -2.31. The molecule has 11 nitrogen and oxygen atoms in total. The first-order chi connectivity index (χ1) is 21.5. The third-order valence-electron chi connectivity index (χ3n) is 7.51. The number of hydrogen-bond donors (Lipinski definition) is 5. The van der Waals surface area contributed by atoms with Crippen LogP contribution in [-0.4, -0.2) is 75.4 Å². The molecule has 2 aliphatic rings. The van der Waals surface area contributed by atoms with Crippen LogP contribution in [0.1, 0.15) is 34.8 Å². The average molecular weight is 651 g/mol. The van der Waals surface area contributed by atoms with E-state index in [4.69, 9.17) is 26.1 Å². The summed E-state index contributed by atoms with van der Waals surface area (Å²) in [5, 5.41) is 6.38. The van der Waals surface area contributed by atoms with E-state index < -0.39 is 14.4 Å². The fraction of sp³-hybridized carbons (Fsp3) is 0.344. The molecule has 0 saturated carbocycles. The van der Waals surface area contributed by atoms with Crippen molar-refractivity contribution in [2.24, 2.45) is 4.99 Å². The van der Waals surface area contributed by atoms with Gasteiger partial charge in [-0.25, -0.2) is 10.9 Å². The monoisotopic (exact) mass is 650 g/mol. The van der Waals surface area contributed by atoms with Crippen LogP contribution in [-0.2, 0) is 4.79 Å². The molecule has 2 amide bonds. The maximum Gasteiger partial charge on any atom is 0.251 e. The highest BCUT2D eigenvalue weighted by Gasteiger charge is 2.40. The van der Waals surface area contributed by atoms with Crippen LogP contribution >= 0.6 is 11.6 Å². The van der Waals surface area contributed by atoms with Crippen molar-refractivity contribution in [3.63, 3.8) is 0 Å². The number of hydrogen-bond acceptors (Lipinski definition) is 9. The summed E-state index contributed by atoms with van der Waals surface area (Å²) in [5.74, 6) is 0.855. The fourth-order valence-electron chi connectivity index (χ4n) is 5.29. The minimum atomic E-state index is -2.33. The molecule has 0 spiro atoms. The standard InChI is InChI=1S/C32H39ClN6O5Si/c1-20-37-38-31-27(18-29(40)34-15-16-35-32(41)22-7-11-24(12-8-22)44-19-45(3,4)42)36-30(21-5-9-23(33)10-6-21)26-17-25(43-2)13-14-28(26)39(20)31/h5-14,17,20,27,31,37-38,42H,15-16,18-19H2,1-4H3,(H,34,40)(H,35,41)/t20?,27-,31?/m0/s1. The number of rotatable bonds is 11. The van der Waals surface area contributed by atoms with Crippen LogP contribution in [0.3, 0.4) is 0 Å². The van der Waals surface area contributed by atoms with Crippen LogP contribution in [0.4, 0.5) is 5.69 Å². The molecular weight excluding hydrogens is 612 g/mol. The van der Waals surface area contributed by atoms with Gasteiger partial charge in [0.15, 0.2) is 0 Å². The average Bonchev–Trinajstić information content (AvgIpc) is 3.35. The number of methoxy groups -OCH3 is 1. The second kappa shape index (κ2) is 14.0. The van der Waals surface area contributed by atoms with Crippen molar-refractivity contribution in [2.75, 3.05) is 31.3 Å². The molecule has 2 unspecified atom stereocenters. The Kier molecular flexibility index (Phi) is 10.1. The number of nitrogens with zero attached hydrogens (tertiary/aromatic N) is 2. The molecule has 45 heavy (non-hydrogen) atoms. The summed E-state index contributed by atoms with van der Waals surface area (Å²) in [6.07, 6.45) is 0.0407.